The molecule has 0 saturated carbocycles. The number of amides is 1. The van der Waals surface area contributed by atoms with Crippen molar-refractivity contribution in [3.8, 4) is 11.1 Å². The molecule has 0 spiro atoms. The van der Waals surface area contributed by atoms with Crippen LogP contribution in [0.5, 0.6) is 0 Å². The van der Waals surface area contributed by atoms with Gasteiger partial charge in [-0.3, -0.25) is 4.79 Å². The fourth-order valence-electron chi connectivity index (χ4n) is 2.64. The third-order valence-electron chi connectivity index (χ3n) is 4.10. The van der Waals surface area contributed by atoms with Crippen molar-refractivity contribution in [2.75, 3.05) is 20.6 Å². The Morgan fingerprint density at radius 3 is 2.40 bits per heavy atom. The first-order valence-electron chi connectivity index (χ1n) is 8.29. The molecule has 3 nitrogen and oxygen atoms in total. The fraction of sp³-hybridized carbons (Fsp3) is 0.350. The highest BCUT2D eigenvalue weighted by Gasteiger charge is 2.14. The summed E-state index contributed by atoms with van der Waals surface area (Å²) in [5.74, 6) is -1.15. The van der Waals surface area contributed by atoms with Crippen molar-refractivity contribution in [1.82, 2.24) is 10.2 Å². The van der Waals surface area contributed by atoms with Gasteiger partial charge in [-0.25, -0.2) is 8.78 Å². The van der Waals surface area contributed by atoms with Gasteiger partial charge in [0.2, 0.25) is 0 Å². The highest BCUT2D eigenvalue weighted by molar-refractivity contribution is 5.95. The Hall–Kier alpha value is -2.27. The maximum atomic E-state index is 14.5. The summed E-state index contributed by atoms with van der Waals surface area (Å²) >= 11 is 0. The molecule has 2 aromatic carbocycles. The number of aryl methyl sites for hydroxylation is 1. The molecule has 0 aliphatic rings. The minimum absolute atomic E-state index is 0.00280. The number of carbonyl (C=O) groups is 1. The Labute approximate surface area is 147 Å². The highest BCUT2D eigenvalue weighted by Crippen LogP contribution is 2.27. The number of rotatable bonds is 6. The van der Waals surface area contributed by atoms with Crippen molar-refractivity contribution in [2.45, 2.75) is 26.3 Å². The quantitative estimate of drug-likeness (QED) is 0.857. The van der Waals surface area contributed by atoms with E-state index in [0.29, 0.717) is 16.7 Å². The zero-order valence-corrected chi connectivity index (χ0v) is 15.1. The summed E-state index contributed by atoms with van der Waals surface area (Å²) in [5.41, 5.74) is 1.89. The predicted molar refractivity (Wildman–Crippen MR) is 96.6 cm³/mol. The molecule has 0 bridgehead atoms. The SMILES string of the molecule is Cc1cc(F)ccc1-c1ccc(C(=O)NC(C)CCN(C)C)cc1F. The van der Waals surface area contributed by atoms with Crippen LogP contribution < -0.4 is 5.32 Å². The zero-order valence-electron chi connectivity index (χ0n) is 15.1. The summed E-state index contributed by atoms with van der Waals surface area (Å²) in [6, 6.07) is 8.59. The van der Waals surface area contributed by atoms with Crippen LogP contribution in [0.25, 0.3) is 11.1 Å². The maximum Gasteiger partial charge on any atom is 0.251 e. The van der Waals surface area contributed by atoms with E-state index in [4.69, 9.17) is 0 Å². The second-order valence-electron chi connectivity index (χ2n) is 6.62. The average Bonchev–Trinajstić information content (AvgIpc) is 2.53. The molecule has 0 aromatic heterocycles. The van der Waals surface area contributed by atoms with Crippen molar-refractivity contribution >= 4 is 5.91 Å². The van der Waals surface area contributed by atoms with Crippen LogP contribution in [-0.2, 0) is 0 Å². The number of carbonyl (C=O) groups excluding carboxylic acids is 1. The standard InChI is InChI=1S/C20H24F2N2O/c1-13-11-16(21)6-8-17(13)18-7-5-15(12-19(18)22)20(25)23-14(2)9-10-24(3)4/h5-8,11-12,14H,9-10H2,1-4H3,(H,23,25). The van der Waals surface area contributed by atoms with E-state index in [9.17, 15) is 13.6 Å². The lowest BCUT2D eigenvalue weighted by Crippen LogP contribution is -2.34. The van der Waals surface area contributed by atoms with Gasteiger partial charge in [-0.05, 0) is 76.3 Å². The maximum absolute atomic E-state index is 14.5. The molecular weight excluding hydrogens is 322 g/mol. The molecule has 0 aliphatic carbocycles. The van der Waals surface area contributed by atoms with Crippen molar-refractivity contribution in [3.05, 3.63) is 59.2 Å². The Morgan fingerprint density at radius 1 is 1.12 bits per heavy atom. The minimum Gasteiger partial charge on any atom is -0.350 e. The van der Waals surface area contributed by atoms with E-state index in [-0.39, 0.29) is 23.3 Å². The lowest BCUT2D eigenvalue weighted by atomic mass is 9.98. The van der Waals surface area contributed by atoms with Gasteiger partial charge in [0.25, 0.3) is 5.91 Å². The Morgan fingerprint density at radius 2 is 1.80 bits per heavy atom. The van der Waals surface area contributed by atoms with Crippen molar-refractivity contribution in [1.29, 1.82) is 0 Å². The van der Waals surface area contributed by atoms with E-state index in [0.717, 1.165) is 13.0 Å². The van der Waals surface area contributed by atoms with Crippen LogP contribution in [-0.4, -0.2) is 37.5 Å². The van der Waals surface area contributed by atoms with Gasteiger partial charge in [0.1, 0.15) is 11.6 Å². The summed E-state index contributed by atoms with van der Waals surface area (Å²) in [4.78, 5) is 14.3. The number of nitrogens with zero attached hydrogens (tertiary/aromatic N) is 1. The topological polar surface area (TPSA) is 32.3 Å². The first-order chi connectivity index (χ1) is 11.8. The van der Waals surface area contributed by atoms with Gasteiger partial charge >= 0.3 is 0 Å². The summed E-state index contributed by atoms with van der Waals surface area (Å²) in [6.07, 6.45) is 0.814. The van der Waals surface area contributed by atoms with E-state index in [2.05, 4.69) is 5.32 Å². The Kier molecular flexibility index (Phi) is 6.26. The molecule has 25 heavy (non-hydrogen) atoms. The van der Waals surface area contributed by atoms with Crippen LogP contribution in [0.15, 0.2) is 36.4 Å². The summed E-state index contributed by atoms with van der Waals surface area (Å²) in [6.45, 7) is 4.51. The molecule has 1 atom stereocenters. The van der Waals surface area contributed by atoms with Crippen LogP contribution in [0.2, 0.25) is 0 Å². The molecule has 0 heterocycles. The van der Waals surface area contributed by atoms with Gasteiger partial charge in [0.05, 0.1) is 0 Å². The van der Waals surface area contributed by atoms with Crippen LogP contribution in [0, 0.1) is 18.6 Å². The predicted octanol–water partition coefficient (Wildman–Crippen LogP) is 4.01. The molecular formula is C20H24F2N2O. The first-order valence-corrected chi connectivity index (χ1v) is 8.29. The van der Waals surface area contributed by atoms with Gasteiger partial charge in [-0.2, -0.15) is 0 Å². The van der Waals surface area contributed by atoms with E-state index in [1.54, 1.807) is 25.1 Å². The van der Waals surface area contributed by atoms with Crippen LogP contribution in [0.4, 0.5) is 8.78 Å². The molecule has 2 aromatic rings. The number of nitrogens with one attached hydrogen (secondary N) is 1. The third kappa shape index (κ3) is 5.10. The number of halogens is 2. The van der Waals surface area contributed by atoms with E-state index >= 15 is 0 Å². The van der Waals surface area contributed by atoms with Gasteiger partial charge in [0, 0.05) is 17.2 Å². The normalized spacial score (nSPS) is 12.3. The highest BCUT2D eigenvalue weighted by atomic mass is 19.1. The van der Waals surface area contributed by atoms with E-state index < -0.39 is 5.82 Å². The molecule has 0 aliphatic heterocycles. The molecule has 134 valence electrons. The monoisotopic (exact) mass is 346 g/mol. The van der Waals surface area contributed by atoms with Crippen LogP contribution in [0.3, 0.4) is 0 Å². The average molecular weight is 346 g/mol. The van der Waals surface area contributed by atoms with E-state index in [1.165, 1.54) is 18.2 Å². The number of benzene rings is 2. The smallest absolute Gasteiger partial charge is 0.251 e. The molecule has 1 unspecified atom stereocenters. The lowest BCUT2D eigenvalue weighted by Gasteiger charge is -2.17. The van der Waals surface area contributed by atoms with Crippen LogP contribution in [0.1, 0.15) is 29.3 Å². The minimum atomic E-state index is -0.497. The third-order valence-corrected chi connectivity index (χ3v) is 4.10. The molecule has 5 heteroatoms. The fourth-order valence-corrected chi connectivity index (χ4v) is 2.64. The zero-order chi connectivity index (χ0) is 18.6. The number of hydrogen-bond donors (Lipinski definition) is 1. The molecule has 0 saturated heterocycles. The van der Waals surface area contributed by atoms with Gasteiger partial charge in [-0.15, -0.1) is 0 Å². The summed E-state index contributed by atoms with van der Waals surface area (Å²) < 4.78 is 27.7. The Bertz CT molecular complexity index is 759. The van der Waals surface area contributed by atoms with E-state index in [1.807, 2.05) is 25.9 Å². The van der Waals surface area contributed by atoms with Crippen molar-refractivity contribution in [2.24, 2.45) is 0 Å². The second-order valence-corrected chi connectivity index (χ2v) is 6.62. The van der Waals surface area contributed by atoms with Gasteiger partial charge in [-0.1, -0.05) is 12.1 Å². The van der Waals surface area contributed by atoms with Gasteiger partial charge in [0.15, 0.2) is 0 Å². The van der Waals surface area contributed by atoms with Crippen molar-refractivity contribution in [3.63, 3.8) is 0 Å². The molecule has 0 radical (unpaired) electrons. The summed E-state index contributed by atoms with van der Waals surface area (Å²) in [7, 11) is 3.94. The molecule has 1 N–H and O–H groups in total. The molecule has 1 amide bonds. The molecule has 2 rings (SSSR count). The lowest BCUT2D eigenvalue weighted by molar-refractivity contribution is 0.0936. The molecule has 0 fully saturated rings. The second kappa shape index (κ2) is 8.21. The largest absolute Gasteiger partial charge is 0.350 e. The van der Waals surface area contributed by atoms with Crippen molar-refractivity contribution < 1.29 is 13.6 Å². The van der Waals surface area contributed by atoms with Crippen LogP contribution >= 0.6 is 0 Å². The van der Waals surface area contributed by atoms with Gasteiger partial charge < -0.3 is 10.2 Å². The first kappa shape index (κ1) is 19.1. The Balaban J connectivity index is 2.14. The summed E-state index contributed by atoms with van der Waals surface area (Å²) in [5, 5.41) is 2.87. The number of hydrogen-bond acceptors (Lipinski definition) is 2.